The molecule has 0 saturated carbocycles. The predicted molar refractivity (Wildman–Crippen MR) is 87.2 cm³/mol. The van der Waals surface area contributed by atoms with Crippen molar-refractivity contribution in [3.05, 3.63) is 65.7 Å². The van der Waals surface area contributed by atoms with Crippen LogP contribution in [0.4, 0.5) is 0 Å². The van der Waals surface area contributed by atoms with Crippen molar-refractivity contribution in [2.75, 3.05) is 0 Å². The molecule has 1 atom stereocenters. The topological polar surface area (TPSA) is 90.8 Å². The molecule has 0 aliphatic rings. The number of carbonyl (C=O) groups excluding carboxylic acids is 2. The van der Waals surface area contributed by atoms with E-state index in [1.165, 1.54) is 18.3 Å². The summed E-state index contributed by atoms with van der Waals surface area (Å²) < 4.78 is 0. The van der Waals surface area contributed by atoms with E-state index in [0.29, 0.717) is 5.56 Å². The summed E-state index contributed by atoms with van der Waals surface area (Å²) in [5, 5.41) is 15.6. The number of hydrogen-bond acceptors (Lipinski definition) is 4. The smallest absolute Gasteiger partial charge is 0.262 e. The first kappa shape index (κ1) is 16.2. The Hall–Kier alpha value is -3.15. The van der Waals surface area contributed by atoms with Crippen LogP contribution >= 0.6 is 0 Å². The van der Waals surface area contributed by atoms with Gasteiger partial charge in [0.2, 0.25) is 0 Å². The van der Waals surface area contributed by atoms with Gasteiger partial charge >= 0.3 is 0 Å². The van der Waals surface area contributed by atoms with E-state index in [9.17, 15) is 9.59 Å². The van der Waals surface area contributed by atoms with Crippen LogP contribution in [0.3, 0.4) is 0 Å². The van der Waals surface area contributed by atoms with Crippen molar-refractivity contribution in [2.24, 2.45) is 5.10 Å². The van der Waals surface area contributed by atoms with Crippen molar-refractivity contribution in [3.63, 3.8) is 0 Å². The lowest BCUT2D eigenvalue weighted by Crippen LogP contribution is -2.43. The van der Waals surface area contributed by atoms with E-state index >= 15 is 0 Å². The average molecular weight is 311 g/mol. The SMILES string of the molecule is CC(NC(=O)c1ccccc1)C(=O)N/N=C/c1ccc(O)cc1. The molecule has 0 bridgehead atoms. The Morgan fingerprint density at radius 3 is 2.39 bits per heavy atom. The zero-order valence-corrected chi connectivity index (χ0v) is 12.6. The first-order chi connectivity index (χ1) is 11.1. The molecule has 2 rings (SSSR count). The number of phenols is 1. The molecule has 0 radical (unpaired) electrons. The number of aromatic hydroxyl groups is 1. The highest BCUT2D eigenvalue weighted by Gasteiger charge is 2.15. The summed E-state index contributed by atoms with van der Waals surface area (Å²) in [7, 11) is 0. The summed E-state index contributed by atoms with van der Waals surface area (Å²) >= 11 is 0. The molecule has 0 aromatic heterocycles. The summed E-state index contributed by atoms with van der Waals surface area (Å²) in [6.07, 6.45) is 1.45. The van der Waals surface area contributed by atoms with Crippen molar-refractivity contribution in [1.29, 1.82) is 0 Å². The molecule has 1 unspecified atom stereocenters. The van der Waals surface area contributed by atoms with Gasteiger partial charge in [-0.05, 0) is 48.9 Å². The number of hydrogen-bond donors (Lipinski definition) is 3. The fraction of sp³-hybridized carbons (Fsp3) is 0.118. The molecular formula is C17H17N3O3. The lowest BCUT2D eigenvalue weighted by atomic mass is 10.2. The minimum atomic E-state index is -0.723. The first-order valence-electron chi connectivity index (χ1n) is 7.04. The number of benzene rings is 2. The Balaban J connectivity index is 1.85. The number of phenolic OH excluding ortho intramolecular Hbond substituents is 1. The second-order valence-corrected chi connectivity index (χ2v) is 4.89. The zero-order valence-electron chi connectivity index (χ0n) is 12.6. The van der Waals surface area contributed by atoms with Crippen LogP contribution in [-0.2, 0) is 4.79 Å². The van der Waals surface area contributed by atoms with Crippen LogP contribution in [0.5, 0.6) is 5.75 Å². The van der Waals surface area contributed by atoms with Crippen LogP contribution in [0.2, 0.25) is 0 Å². The van der Waals surface area contributed by atoms with E-state index in [1.54, 1.807) is 43.3 Å². The van der Waals surface area contributed by atoms with Crippen molar-refractivity contribution in [3.8, 4) is 5.75 Å². The number of hydrazone groups is 1. The van der Waals surface area contributed by atoms with Gasteiger partial charge in [0.05, 0.1) is 6.21 Å². The van der Waals surface area contributed by atoms with E-state index in [-0.39, 0.29) is 11.7 Å². The number of amides is 2. The first-order valence-corrected chi connectivity index (χ1v) is 7.04. The van der Waals surface area contributed by atoms with Crippen molar-refractivity contribution >= 4 is 18.0 Å². The molecule has 3 N–H and O–H groups in total. The third kappa shape index (κ3) is 4.96. The molecule has 0 heterocycles. The molecular weight excluding hydrogens is 294 g/mol. The summed E-state index contributed by atoms with van der Waals surface area (Å²) in [6, 6.07) is 14.3. The average Bonchev–Trinajstić information content (AvgIpc) is 2.57. The van der Waals surface area contributed by atoms with Crippen molar-refractivity contribution in [2.45, 2.75) is 13.0 Å². The maximum absolute atomic E-state index is 11.9. The fourth-order valence-corrected chi connectivity index (χ4v) is 1.76. The van der Waals surface area contributed by atoms with Crippen molar-refractivity contribution in [1.82, 2.24) is 10.7 Å². The standard InChI is InChI=1S/C17H17N3O3/c1-12(19-17(23)14-5-3-2-4-6-14)16(22)20-18-11-13-7-9-15(21)10-8-13/h2-12,21H,1H3,(H,19,23)(H,20,22)/b18-11+. The Morgan fingerprint density at radius 2 is 1.74 bits per heavy atom. The Morgan fingerprint density at radius 1 is 1.09 bits per heavy atom. The van der Waals surface area contributed by atoms with E-state index in [0.717, 1.165) is 5.56 Å². The molecule has 2 aromatic carbocycles. The van der Waals surface area contributed by atoms with Crippen LogP contribution in [0, 0.1) is 0 Å². The third-order valence-corrected chi connectivity index (χ3v) is 3.06. The molecule has 0 saturated heterocycles. The highest BCUT2D eigenvalue weighted by atomic mass is 16.3. The zero-order chi connectivity index (χ0) is 16.7. The Bertz CT molecular complexity index is 697. The normalized spacial score (nSPS) is 11.9. The third-order valence-electron chi connectivity index (χ3n) is 3.06. The maximum atomic E-state index is 11.9. The minimum Gasteiger partial charge on any atom is -0.508 e. The van der Waals surface area contributed by atoms with Crippen molar-refractivity contribution < 1.29 is 14.7 Å². The number of carbonyl (C=O) groups is 2. The van der Waals surface area contributed by atoms with Gasteiger partial charge in [0.1, 0.15) is 11.8 Å². The summed E-state index contributed by atoms with van der Waals surface area (Å²) in [6.45, 7) is 1.58. The summed E-state index contributed by atoms with van der Waals surface area (Å²) in [5.74, 6) is -0.594. The molecule has 2 amide bonds. The lowest BCUT2D eigenvalue weighted by molar-refractivity contribution is -0.122. The monoisotopic (exact) mass is 311 g/mol. The number of nitrogens with one attached hydrogen (secondary N) is 2. The van der Waals surface area contributed by atoms with Gasteiger partial charge in [0, 0.05) is 5.56 Å². The molecule has 0 aliphatic carbocycles. The fourth-order valence-electron chi connectivity index (χ4n) is 1.76. The summed E-state index contributed by atoms with van der Waals surface area (Å²) in [4.78, 5) is 23.8. The molecule has 6 nitrogen and oxygen atoms in total. The maximum Gasteiger partial charge on any atom is 0.262 e. The quantitative estimate of drug-likeness (QED) is 0.579. The molecule has 0 aliphatic heterocycles. The highest BCUT2D eigenvalue weighted by Crippen LogP contribution is 2.07. The van der Waals surface area contributed by atoms with Crippen LogP contribution < -0.4 is 10.7 Å². The summed E-state index contributed by atoms with van der Waals surface area (Å²) in [5.41, 5.74) is 3.57. The van der Waals surface area contributed by atoms with E-state index < -0.39 is 11.9 Å². The number of rotatable bonds is 5. The van der Waals surface area contributed by atoms with Gasteiger partial charge in [-0.2, -0.15) is 5.10 Å². The lowest BCUT2D eigenvalue weighted by Gasteiger charge is -2.12. The molecule has 0 fully saturated rings. The van der Waals surface area contributed by atoms with Gasteiger partial charge in [-0.25, -0.2) is 5.43 Å². The van der Waals surface area contributed by atoms with E-state index in [1.807, 2.05) is 6.07 Å². The molecule has 0 spiro atoms. The van der Waals surface area contributed by atoms with Crippen LogP contribution in [0.25, 0.3) is 0 Å². The van der Waals surface area contributed by atoms with Crippen LogP contribution in [0.1, 0.15) is 22.8 Å². The molecule has 2 aromatic rings. The second kappa shape index (κ2) is 7.74. The molecule has 118 valence electrons. The van der Waals surface area contributed by atoms with E-state index in [2.05, 4.69) is 15.8 Å². The predicted octanol–water partition coefficient (Wildman–Crippen LogP) is 1.66. The largest absolute Gasteiger partial charge is 0.508 e. The van der Waals surface area contributed by atoms with Gasteiger partial charge in [0.15, 0.2) is 0 Å². The van der Waals surface area contributed by atoms with Crippen LogP contribution in [0.15, 0.2) is 59.7 Å². The number of nitrogens with zero attached hydrogens (tertiary/aromatic N) is 1. The van der Waals surface area contributed by atoms with Crippen LogP contribution in [-0.4, -0.2) is 29.2 Å². The Labute approximate surface area is 133 Å². The van der Waals surface area contributed by atoms with Gasteiger partial charge in [-0.3, -0.25) is 9.59 Å². The van der Waals surface area contributed by atoms with Gasteiger partial charge in [-0.1, -0.05) is 18.2 Å². The van der Waals surface area contributed by atoms with Gasteiger partial charge in [-0.15, -0.1) is 0 Å². The minimum absolute atomic E-state index is 0.156. The molecule has 23 heavy (non-hydrogen) atoms. The van der Waals surface area contributed by atoms with E-state index in [4.69, 9.17) is 5.11 Å². The Kier molecular flexibility index (Phi) is 5.46. The van der Waals surface area contributed by atoms with Gasteiger partial charge in [0.25, 0.3) is 11.8 Å². The highest BCUT2D eigenvalue weighted by molar-refractivity contribution is 5.97. The second-order valence-electron chi connectivity index (χ2n) is 4.89. The van der Waals surface area contributed by atoms with Gasteiger partial charge < -0.3 is 10.4 Å². The molecule has 6 heteroatoms.